The number of nitrogens with zero attached hydrogens (tertiary/aromatic N) is 4. The van der Waals surface area contributed by atoms with E-state index < -0.39 is 28.2 Å². The van der Waals surface area contributed by atoms with Gasteiger partial charge in [-0.3, -0.25) is 9.79 Å². The molecule has 0 saturated carbocycles. The molecule has 8 heteroatoms. The van der Waals surface area contributed by atoms with Crippen molar-refractivity contribution in [3.63, 3.8) is 0 Å². The summed E-state index contributed by atoms with van der Waals surface area (Å²) < 4.78 is 10.5. The van der Waals surface area contributed by atoms with Crippen LogP contribution in [0, 0.1) is 28.1 Å². The van der Waals surface area contributed by atoms with Gasteiger partial charge in [0.25, 0.3) is 0 Å². The molecule has 2 aromatic rings. The molecule has 0 aliphatic carbocycles. The van der Waals surface area contributed by atoms with Crippen LogP contribution in [0.4, 0.5) is 5.69 Å². The summed E-state index contributed by atoms with van der Waals surface area (Å²) in [6.07, 6.45) is 1.11. The van der Waals surface area contributed by atoms with Crippen molar-refractivity contribution in [2.24, 2.45) is 10.4 Å². The Morgan fingerprint density at radius 3 is 2.35 bits per heavy atom. The number of fused-ring (bicyclic) bond motifs is 2. The van der Waals surface area contributed by atoms with E-state index in [1.54, 1.807) is 48.5 Å². The predicted molar refractivity (Wildman–Crippen MR) is 110 cm³/mol. The van der Waals surface area contributed by atoms with Gasteiger partial charge >= 0.3 is 5.97 Å². The van der Waals surface area contributed by atoms with Gasteiger partial charge in [0.2, 0.25) is 11.4 Å². The maximum atomic E-state index is 14.0. The molecule has 2 aliphatic rings. The lowest BCUT2D eigenvalue weighted by molar-refractivity contribution is -0.154. The predicted octanol–water partition coefficient (Wildman–Crippen LogP) is 2.10. The number of anilines is 1. The summed E-state index contributed by atoms with van der Waals surface area (Å²) in [7, 11) is 4.19. The minimum absolute atomic E-state index is 0.300. The SMILES string of the molecule is COC(=O)[C@@]1(c2ccccc2)N=CC(C#N)(C#N)[C@@]12C(=O)N(C)c1ccc(OC)cc12. The van der Waals surface area contributed by atoms with Crippen LogP contribution in [0.1, 0.15) is 11.1 Å². The number of carbonyl (C=O) groups is 2. The molecule has 2 heterocycles. The molecule has 2 aliphatic heterocycles. The highest BCUT2D eigenvalue weighted by atomic mass is 16.5. The monoisotopic (exact) mass is 414 g/mol. The summed E-state index contributed by atoms with van der Waals surface area (Å²) in [5.41, 5.74) is -4.99. The van der Waals surface area contributed by atoms with Crippen LogP contribution >= 0.6 is 0 Å². The second-order valence-corrected chi connectivity index (χ2v) is 7.36. The molecule has 2 aromatic carbocycles. The molecule has 2 atom stereocenters. The number of ether oxygens (including phenoxy) is 2. The number of rotatable bonds is 3. The molecule has 31 heavy (non-hydrogen) atoms. The highest BCUT2D eigenvalue weighted by molar-refractivity contribution is 6.18. The number of likely N-dealkylation sites (N-methyl/N-ethyl adjacent to an activating group) is 1. The summed E-state index contributed by atoms with van der Waals surface area (Å²) in [4.78, 5) is 33.3. The molecule has 0 N–H and O–H groups in total. The number of hydrogen-bond donors (Lipinski definition) is 0. The van der Waals surface area contributed by atoms with E-state index in [-0.39, 0.29) is 0 Å². The number of methoxy groups -OCH3 is 2. The lowest BCUT2D eigenvalue weighted by Crippen LogP contribution is -2.63. The highest BCUT2D eigenvalue weighted by Gasteiger charge is 2.80. The van der Waals surface area contributed by atoms with Crippen LogP contribution in [-0.2, 0) is 25.3 Å². The van der Waals surface area contributed by atoms with Crippen LogP contribution < -0.4 is 9.64 Å². The van der Waals surface area contributed by atoms with Crippen molar-refractivity contribution in [2.45, 2.75) is 11.0 Å². The van der Waals surface area contributed by atoms with E-state index in [1.807, 2.05) is 12.1 Å². The molecule has 154 valence electrons. The number of amides is 1. The van der Waals surface area contributed by atoms with Gasteiger partial charge in [0.05, 0.1) is 26.4 Å². The van der Waals surface area contributed by atoms with Gasteiger partial charge in [-0.15, -0.1) is 0 Å². The molecule has 0 bridgehead atoms. The summed E-state index contributed by atoms with van der Waals surface area (Å²) in [6.45, 7) is 0. The topological polar surface area (TPSA) is 116 Å². The third-order valence-corrected chi connectivity index (χ3v) is 6.21. The zero-order valence-electron chi connectivity index (χ0n) is 17.1. The Balaban J connectivity index is 2.25. The zero-order valence-corrected chi connectivity index (χ0v) is 17.1. The van der Waals surface area contributed by atoms with Gasteiger partial charge in [-0.05, 0) is 23.8 Å². The van der Waals surface area contributed by atoms with Crippen molar-refractivity contribution in [1.82, 2.24) is 0 Å². The molecule has 4 rings (SSSR count). The third kappa shape index (κ3) is 2.09. The minimum atomic E-state index is -2.07. The molecule has 0 saturated heterocycles. The minimum Gasteiger partial charge on any atom is -0.497 e. The maximum Gasteiger partial charge on any atom is 0.340 e. The Labute approximate surface area is 178 Å². The van der Waals surface area contributed by atoms with E-state index in [0.717, 1.165) is 6.21 Å². The van der Waals surface area contributed by atoms with Crippen molar-refractivity contribution in [3.05, 3.63) is 59.7 Å². The Kier molecular flexibility index (Phi) is 4.33. The summed E-state index contributed by atoms with van der Waals surface area (Å²) >= 11 is 0. The number of nitriles is 2. The van der Waals surface area contributed by atoms with Gasteiger partial charge in [-0.25, -0.2) is 4.79 Å². The van der Waals surface area contributed by atoms with Crippen LogP contribution in [0.25, 0.3) is 0 Å². The molecule has 0 radical (unpaired) electrons. The fourth-order valence-corrected chi connectivity index (χ4v) is 4.81. The smallest absolute Gasteiger partial charge is 0.340 e. The van der Waals surface area contributed by atoms with E-state index >= 15 is 0 Å². The van der Waals surface area contributed by atoms with Crippen molar-refractivity contribution < 1.29 is 19.1 Å². The normalized spacial score (nSPS) is 25.1. The molecule has 8 nitrogen and oxygen atoms in total. The van der Waals surface area contributed by atoms with Crippen molar-refractivity contribution in [2.75, 3.05) is 26.2 Å². The molecule has 0 aromatic heterocycles. The van der Waals surface area contributed by atoms with Gasteiger partial charge in [-0.2, -0.15) is 10.5 Å². The van der Waals surface area contributed by atoms with Crippen LogP contribution in [0.5, 0.6) is 5.75 Å². The van der Waals surface area contributed by atoms with Crippen molar-refractivity contribution in [1.29, 1.82) is 10.5 Å². The summed E-state index contributed by atoms with van der Waals surface area (Å²) in [5, 5.41) is 20.4. The largest absolute Gasteiger partial charge is 0.497 e. The Morgan fingerprint density at radius 1 is 1.10 bits per heavy atom. The van der Waals surface area contributed by atoms with Gasteiger partial charge in [0.1, 0.15) is 5.75 Å². The first-order chi connectivity index (χ1) is 14.9. The second kappa shape index (κ2) is 6.68. The Bertz CT molecular complexity index is 1200. The fraction of sp³-hybridized carbons (Fsp3) is 0.261. The van der Waals surface area contributed by atoms with E-state index in [1.165, 1.54) is 26.2 Å². The molecule has 0 fully saturated rings. The van der Waals surface area contributed by atoms with Gasteiger partial charge in [0.15, 0.2) is 10.8 Å². The molecular weight excluding hydrogens is 396 g/mol. The van der Waals surface area contributed by atoms with E-state index in [9.17, 15) is 20.1 Å². The summed E-state index contributed by atoms with van der Waals surface area (Å²) in [6, 6.07) is 17.3. The van der Waals surface area contributed by atoms with Crippen molar-refractivity contribution >= 4 is 23.8 Å². The van der Waals surface area contributed by atoms with E-state index in [4.69, 9.17) is 9.47 Å². The molecule has 0 unspecified atom stereocenters. The second-order valence-electron chi connectivity index (χ2n) is 7.36. The maximum absolute atomic E-state index is 14.0. The Hall–Kier alpha value is -4.17. The number of hydrogen-bond acceptors (Lipinski definition) is 7. The van der Waals surface area contributed by atoms with Crippen LogP contribution in [-0.4, -0.2) is 39.4 Å². The average molecular weight is 414 g/mol. The fourth-order valence-electron chi connectivity index (χ4n) is 4.81. The van der Waals surface area contributed by atoms with Crippen LogP contribution in [0.3, 0.4) is 0 Å². The van der Waals surface area contributed by atoms with Gasteiger partial charge < -0.3 is 14.4 Å². The highest BCUT2D eigenvalue weighted by Crippen LogP contribution is 2.64. The lowest BCUT2D eigenvalue weighted by Gasteiger charge is -2.42. The number of aliphatic imine (C=N–C) groups is 1. The first-order valence-electron chi connectivity index (χ1n) is 9.39. The third-order valence-electron chi connectivity index (χ3n) is 6.21. The van der Waals surface area contributed by atoms with Crippen molar-refractivity contribution in [3.8, 4) is 17.9 Å². The Morgan fingerprint density at radius 2 is 1.77 bits per heavy atom. The molecule has 1 spiro atoms. The number of carbonyl (C=O) groups excluding carboxylic acids is 2. The first-order valence-corrected chi connectivity index (χ1v) is 9.39. The van der Waals surface area contributed by atoms with Gasteiger partial charge in [-0.1, -0.05) is 30.3 Å². The first kappa shape index (κ1) is 20.1. The molecular formula is C23H18N4O4. The number of esters is 1. The van der Waals surface area contributed by atoms with E-state index in [0.29, 0.717) is 22.6 Å². The average Bonchev–Trinajstić information content (AvgIpc) is 3.26. The van der Waals surface area contributed by atoms with E-state index in [2.05, 4.69) is 4.99 Å². The summed E-state index contributed by atoms with van der Waals surface area (Å²) in [5.74, 6) is -1.05. The molecule has 1 amide bonds. The lowest BCUT2D eigenvalue weighted by atomic mass is 9.53. The van der Waals surface area contributed by atoms with Crippen LogP contribution in [0.15, 0.2) is 53.5 Å². The zero-order chi connectivity index (χ0) is 22.4. The quantitative estimate of drug-likeness (QED) is 0.710. The standard InChI is InChI=1S/C23H18N4O4/c1-27-18-10-9-16(30-2)11-17(18)22(19(27)28)21(12-24,13-25)14-26-23(22,20(29)31-3)15-7-5-4-6-8-15/h4-11,14H,1-3H3/t22-,23-/m1/s1. The number of benzene rings is 2. The van der Waals surface area contributed by atoms with Crippen LogP contribution in [0.2, 0.25) is 0 Å². The van der Waals surface area contributed by atoms with Gasteiger partial charge in [0, 0.05) is 24.5 Å².